The average Bonchev–Trinajstić information content (AvgIpc) is 3.00. The third-order valence-corrected chi connectivity index (χ3v) is 3.28. The van der Waals surface area contributed by atoms with Crippen molar-refractivity contribution in [3.8, 4) is 5.69 Å². The van der Waals surface area contributed by atoms with Crippen molar-refractivity contribution in [3.05, 3.63) is 42.0 Å². The van der Waals surface area contributed by atoms with Gasteiger partial charge in [0.15, 0.2) is 0 Å². The Balaban J connectivity index is 2.28. The second-order valence-electron chi connectivity index (χ2n) is 4.58. The monoisotopic (exact) mass is 270 g/mol. The fourth-order valence-electron chi connectivity index (χ4n) is 2.38. The molecule has 6 nitrogen and oxygen atoms in total. The van der Waals surface area contributed by atoms with Gasteiger partial charge in [0, 0.05) is 13.2 Å². The minimum Gasteiger partial charge on any atom is -0.478 e. The SMILES string of the molecule is CCc1nn(C)cc1-n1cnc2c(C(=O)O)cccc21. The van der Waals surface area contributed by atoms with Gasteiger partial charge < -0.3 is 5.11 Å². The Labute approximate surface area is 115 Å². The lowest BCUT2D eigenvalue weighted by molar-refractivity contribution is 0.0699. The van der Waals surface area contributed by atoms with Crippen molar-refractivity contribution < 1.29 is 9.90 Å². The number of aryl methyl sites for hydroxylation is 2. The number of hydrogen-bond donors (Lipinski definition) is 1. The lowest BCUT2D eigenvalue weighted by Gasteiger charge is -2.03. The molecule has 0 amide bonds. The molecule has 0 bridgehead atoms. The summed E-state index contributed by atoms with van der Waals surface area (Å²) in [5.41, 5.74) is 3.36. The van der Waals surface area contributed by atoms with E-state index in [0.717, 1.165) is 23.3 Å². The highest BCUT2D eigenvalue weighted by atomic mass is 16.4. The van der Waals surface area contributed by atoms with Gasteiger partial charge in [-0.1, -0.05) is 13.0 Å². The molecule has 0 aliphatic heterocycles. The van der Waals surface area contributed by atoms with Crippen LogP contribution in [0.4, 0.5) is 0 Å². The number of carbonyl (C=O) groups is 1. The van der Waals surface area contributed by atoms with Crippen LogP contribution in [0.25, 0.3) is 16.7 Å². The van der Waals surface area contributed by atoms with E-state index in [2.05, 4.69) is 10.1 Å². The summed E-state index contributed by atoms with van der Waals surface area (Å²) in [6.07, 6.45) is 4.36. The summed E-state index contributed by atoms with van der Waals surface area (Å²) >= 11 is 0. The summed E-state index contributed by atoms with van der Waals surface area (Å²) in [5.74, 6) is -0.970. The zero-order valence-electron chi connectivity index (χ0n) is 11.2. The third kappa shape index (κ3) is 1.77. The summed E-state index contributed by atoms with van der Waals surface area (Å²) in [4.78, 5) is 15.5. The molecule has 1 aromatic carbocycles. The van der Waals surface area contributed by atoms with Crippen molar-refractivity contribution in [2.24, 2.45) is 7.05 Å². The minimum atomic E-state index is -0.970. The number of fused-ring (bicyclic) bond motifs is 1. The van der Waals surface area contributed by atoms with Gasteiger partial charge in [0.2, 0.25) is 0 Å². The molecular formula is C14H14N4O2. The lowest BCUT2D eigenvalue weighted by atomic mass is 10.2. The van der Waals surface area contributed by atoms with E-state index in [1.165, 1.54) is 0 Å². The van der Waals surface area contributed by atoms with E-state index < -0.39 is 5.97 Å². The van der Waals surface area contributed by atoms with E-state index in [1.54, 1.807) is 23.1 Å². The molecule has 0 spiro atoms. The van der Waals surface area contributed by atoms with E-state index in [9.17, 15) is 9.90 Å². The van der Waals surface area contributed by atoms with Gasteiger partial charge in [-0.2, -0.15) is 5.10 Å². The number of nitrogens with zero attached hydrogens (tertiary/aromatic N) is 4. The Kier molecular flexibility index (Phi) is 2.78. The van der Waals surface area contributed by atoms with Crippen molar-refractivity contribution in [2.75, 3.05) is 0 Å². The molecule has 2 heterocycles. The zero-order valence-corrected chi connectivity index (χ0v) is 11.2. The number of imidazole rings is 1. The maximum absolute atomic E-state index is 11.2. The molecule has 2 aromatic heterocycles. The Bertz CT molecular complexity index is 801. The molecule has 0 unspecified atom stereocenters. The van der Waals surface area contributed by atoms with Crippen molar-refractivity contribution in [2.45, 2.75) is 13.3 Å². The van der Waals surface area contributed by atoms with Gasteiger partial charge in [-0.05, 0) is 18.6 Å². The normalized spacial score (nSPS) is 11.1. The van der Waals surface area contributed by atoms with E-state index in [1.807, 2.05) is 30.8 Å². The highest BCUT2D eigenvalue weighted by Crippen LogP contribution is 2.23. The average molecular weight is 270 g/mol. The second-order valence-corrected chi connectivity index (χ2v) is 4.58. The molecule has 102 valence electrons. The van der Waals surface area contributed by atoms with Crippen LogP contribution in [0.5, 0.6) is 0 Å². The number of aromatic carboxylic acids is 1. The minimum absolute atomic E-state index is 0.211. The molecule has 0 aliphatic rings. The van der Waals surface area contributed by atoms with Crippen LogP contribution in [0.3, 0.4) is 0 Å². The highest BCUT2D eigenvalue weighted by molar-refractivity contribution is 6.01. The number of carboxylic acids is 1. The van der Waals surface area contributed by atoms with Gasteiger partial charge >= 0.3 is 5.97 Å². The Morgan fingerprint density at radius 1 is 1.40 bits per heavy atom. The van der Waals surface area contributed by atoms with Crippen LogP contribution in [0, 0.1) is 0 Å². The Morgan fingerprint density at radius 2 is 2.20 bits per heavy atom. The summed E-state index contributed by atoms with van der Waals surface area (Å²) in [5, 5.41) is 13.6. The van der Waals surface area contributed by atoms with Gasteiger partial charge in [-0.3, -0.25) is 9.25 Å². The first-order chi connectivity index (χ1) is 9.61. The number of aromatic nitrogens is 4. The van der Waals surface area contributed by atoms with Gasteiger partial charge in [-0.15, -0.1) is 0 Å². The smallest absolute Gasteiger partial charge is 0.337 e. The van der Waals surface area contributed by atoms with Crippen LogP contribution in [0.15, 0.2) is 30.7 Å². The Hall–Kier alpha value is -2.63. The van der Waals surface area contributed by atoms with Crippen molar-refractivity contribution >= 4 is 17.0 Å². The van der Waals surface area contributed by atoms with E-state index >= 15 is 0 Å². The van der Waals surface area contributed by atoms with E-state index in [-0.39, 0.29) is 5.56 Å². The molecule has 0 aliphatic carbocycles. The van der Waals surface area contributed by atoms with Crippen LogP contribution in [-0.4, -0.2) is 30.4 Å². The summed E-state index contributed by atoms with van der Waals surface area (Å²) in [6.45, 7) is 2.04. The topological polar surface area (TPSA) is 72.9 Å². The lowest BCUT2D eigenvalue weighted by Crippen LogP contribution is -1.98. The number of para-hydroxylation sites is 1. The van der Waals surface area contributed by atoms with Crippen molar-refractivity contribution in [1.29, 1.82) is 0 Å². The molecule has 0 saturated carbocycles. The zero-order chi connectivity index (χ0) is 14.3. The number of hydrogen-bond acceptors (Lipinski definition) is 3. The van der Waals surface area contributed by atoms with Crippen molar-refractivity contribution in [1.82, 2.24) is 19.3 Å². The van der Waals surface area contributed by atoms with Gasteiger partial charge in [0.25, 0.3) is 0 Å². The summed E-state index contributed by atoms with van der Waals surface area (Å²) in [6, 6.07) is 5.15. The first kappa shape index (κ1) is 12.4. The van der Waals surface area contributed by atoms with Crippen molar-refractivity contribution in [3.63, 3.8) is 0 Å². The fourth-order valence-corrected chi connectivity index (χ4v) is 2.38. The molecule has 3 rings (SSSR count). The Morgan fingerprint density at radius 3 is 2.90 bits per heavy atom. The fraction of sp³-hybridized carbons (Fsp3) is 0.214. The van der Waals surface area contributed by atoms with Crippen LogP contribution < -0.4 is 0 Å². The van der Waals surface area contributed by atoms with Crippen LogP contribution in [-0.2, 0) is 13.5 Å². The standard InChI is InChI=1S/C14H14N4O2/c1-3-10-12(7-17(2)16-10)18-8-15-13-9(14(19)20)5-4-6-11(13)18/h4-8H,3H2,1-2H3,(H,19,20). The molecule has 0 radical (unpaired) electrons. The van der Waals surface area contributed by atoms with Gasteiger partial charge in [0.05, 0.1) is 22.5 Å². The second kappa shape index (κ2) is 4.48. The summed E-state index contributed by atoms with van der Waals surface area (Å²) < 4.78 is 3.63. The van der Waals surface area contributed by atoms with E-state index in [4.69, 9.17) is 0 Å². The number of benzene rings is 1. The van der Waals surface area contributed by atoms with Crippen LogP contribution >= 0.6 is 0 Å². The number of carboxylic acid groups (broad SMARTS) is 1. The predicted molar refractivity (Wildman–Crippen MR) is 74.2 cm³/mol. The van der Waals surface area contributed by atoms with Gasteiger partial charge in [-0.25, -0.2) is 9.78 Å². The summed E-state index contributed by atoms with van der Waals surface area (Å²) in [7, 11) is 1.87. The van der Waals surface area contributed by atoms with Crippen LogP contribution in [0.2, 0.25) is 0 Å². The molecule has 3 aromatic rings. The third-order valence-electron chi connectivity index (χ3n) is 3.28. The van der Waals surface area contributed by atoms with E-state index in [0.29, 0.717) is 5.52 Å². The molecule has 0 fully saturated rings. The predicted octanol–water partition coefficient (Wildman–Crippen LogP) is 2.02. The van der Waals surface area contributed by atoms with Crippen LogP contribution in [0.1, 0.15) is 23.0 Å². The first-order valence-corrected chi connectivity index (χ1v) is 6.34. The quantitative estimate of drug-likeness (QED) is 0.790. The first-order valence-electron chi connectivity index (χ1n) is 6.34. The molecule has 1 N–H and O–H groups in total. The number of rotatable bonds is 3. The molecular weight excluding hydrogens is 256 g/mol. The molecule has 6 heteroatoms. The molecule has 20 heavy (non-hydrogen) atoms. The maximum Gasteiger partial charge on any atom is 0.337 e. The largest absolute Gasteiger partial charge is 0.478 e. The van der Waals surface area contributed by atoms with Gasteiger partial charge in [0.1, 0.15) is 11.8 Å². The highest BCUT2D eigenvalue weighted by Gasteiger charge is 2.15. The maximum atomic E-state index is 11.2. The molecule has 0 atom stereocenters. The molecule has 0 saturated heterocycles.